The lowest BCUT2D eigenvalue weighted by molar-refractivity contribution is 0.0269. The molecule has 104 valence electrons. The van der Waals surface area contributed by atoms with Crippen molar-refractivity contribution in [3.63, 3.8) is 0 Å². The number of aryl methyl sites for hydroxylation is 1. The molecule has 0 saturated carbocycles. The summed E-state index contributed by atoms with van der Waals surface area (Å²) in [4.78, 5) is 5.26. The van der Waals surface area contributed by atoms with Crippen LogP contribution in [0, 0.1) is 0 Å². The van der Waals surface area contributed by atoms with Crippen LogP contribution in [-0.2, 0) is 6.42 Å². The van der Waals surface area contributed by atoms with E-state index in [2.05, 4.69) is 45.4 Å². The zero-order valence-electron chi connectivity index (χ0n) is 11.7. The van der Waals surface area contributed by atoms with Crippen LogP contribution in [0.3, 0.4) is 0 Å². The van der Waals surface area contributed by atoms with Gasteiger partial charge in [-0.3, -0.25) is 4.90 Å². The number of hydrogen-bond donors (Lipinski definition) is 1. The minimum Gasteiger partial charge on any atom is -0.314 e. The van der Waals surface area contributed by atoms with Crippen LogP contribution in [-0.4, -0.2) is 61.7 Å². The molecule has 0 aliphatic carbocycles. The largest absolute Gasteiger partial charge is 0.314 e. The quantitative estimate of drug-likeness (QED) is 0.857. The summed E-state index contributed by atoms with van der Waals surface area (Å²) in [6, 6.07) is 11.7. The zero-order chi connectivity index (χ0) is 12.9. The Morgan fingerprint density at radius 1 is 1.05 bits per heavy atom. The Bertz CT molecular complexity index is 367. The molecule has 3 nitrogen and oxygen atoms in total. The Balaban J connectivity index is 1.31. The Morgan fingerprint density at radius 3 is 2.53 bits per heavy atom. The van der Waals surface area contributed by atoms with Crippen molar-refractivity contribution in [2.45, 2.75) is 18.9 Å². The molecular formula is C16H25N3. The summed E-state index contributed by atoms with van der Waals surface area (Å²) in [7, 11) is 0. The molecule has 0 radical (unpaired) electrons. The molecule has 0 atom stereocenters. The smallest absolute Gasteiger partial charge is 0.0351 e. The number of piperazine rings is 1. The van der Waals surface area contributed by atoms with E-state index in [-0.39, 0.29) is 0 Å². The second-order valence-corrected chi connectivity index (χ2v) is 5.79. The van der Waals surface area contributed by atoms with Gasteiger partial charge in [0, 0.05) is 45.3 Å². The van der Waals surface area contributed by atoms with Crippen molar-refractivity contribution in [2.75, 3.05) is 45.8 Å². The summed E-state index contributed by atoms with van der Waals surface area (Å²) in [6.45, 7) is 8.65. The second-order valence-electron chi connectivity index (χ2n) is 5.79. The molecule has 2 heterocycles. The van der Waals surface area contributed by atoms with Crippen LogP contribution < -0.4 is 5.32 Å². The lowest BCUT2D eigenvalue weighted by Crippen LogP contribution is -2.62. The van der Waals surface area contributed by atoms with Crippen molar-refractivity contribution in [2.24, 2.45) is 0 Å². The highest BCUT2D eigenvalue weighted by Gasteiger charge is 2.31. The number of nitrogens with zero attached hydrogens (tertiary/aromatic N) is 2. The summed E-state index contributed by atoms with van der Waals surface area (Å²) >= 11 is 0. The first-order valence-electron chi connectivity index (χ1n) is 7.63. The van der Waals surface area contributed by atoms with Crippen molar-refractivity contribution in [3.05, 3.63) is 35.9 Å². The van der Waals surface area contributed by atoms with Crippen molar-refractivity contribution in [1.29, 1.82) is 0 Å². The van der Waals surface area contributed by atoms with Gasteiger partial charge in [0.1, 0.15) is 0 Å². The van der Waals surface area contributed by atoms with Crippen LogP contribution in [0.4, 0.5) is 0 Å². The van der Waals surface area contributed by atoms with Gasteiger partial charge in [0.05, 0.1) is 0 Å². The average molecular weight is 259 g/mol. The highest BCUT2D eigenvalue weighted by atomic mass is 15.3. The standard InChI is InChI=1S/C16H25N3/c1-2-5-15(6-3-1)7-4-10-18-13-16(14-18)19-11-8-17-9-12-19/h1-3,5-6,16-17H,4,7-14H2. The molecule has 1 aromatic rings. The zero-order valence-corrected chi connectivity index (χ0v) is 11.7. The van der Waals surface area contributed by atoms with E-state index in [0.717, 1.165) is 6.04 Å². The summed E-state index contributed by atoms with van der Waals surface area (Å²) in [5.41, 5.74) is 1.47. The van der Waals surface area contributed by atoms with Gasteiger partial charge in [-0.15, -0.1) is 0 Å². The van der Waals surface area contributed by atoms with Gasteiger partial charge in [0.2, 0.25) is 0 Å². The fourth-order valence-corrected chi connectivity index (χ4v) is 3.15. The monoisotopic (exact) mass is 259 g/mol. The molecule has 19 heavy (non-hydrogen) atoms. The highest BCUT2D eigenvalue weighted by Crippen LogP contribution is 2.16. The Kier molecular flexibility index (Phi) is 4.49. The maximum absolute atomic E-state index is 3.43. The minimum absolute atomic E-state index is 0.832. The van der Waals surface area contributed by atoms with E-state index in [1.807, 2.05) is 0 Å². The molecule has 1 N–H and O–H groups in total. The molecule has 2 aliphatic rings. The molecule has 0 aromatic heterocycles. The summed E-state index contributed by atoms with van der Waals surface area (Å²) < 4.78 is 0. The fraction of sp³-hybridized carbons (Fsp3) is 0.625. The molecule has 0 amide bonds. The normalized spacial score (nSPS) is 22.3. The molecule has 1 aromatic carbocycles. The van der Waals surface area contributed by atoms with Crippen molar-refractivity contribution in [1.82, 2.24) is 15.1 Å². The highest BCUT2D eigenvalue weighted by molar-refractivity contribution is 5.14. The van der Waals surface area contributed by atoms with Gasteiger partial charge in [0.15, 0.2) is 0 Å². The van der Waals surface area contributed by atoms with Crippen LogP contribution in [0.2, 0.25) is 0 Å². The molecule has 2 aliphatic heterocycles. The number of benzene rings is 1. The predicted molar refractivity (Wildman–Crippen MR) is 79.4 cm³/mol. The van der Waals surface area contributed by atoms with E-state index >= 15 is 0 Å². The number of nitrogens with one attached hydrogen (secondary N) is 1. The van der Waals surface area contributed by atoms with E-state index < -0.39 is 0 Å². The first kappa shape index (κ1) is 13.1. The average Bonchev–Trinajstić information content (AvgIpc) is 2.43. The summed E-state index contributed by atoms with van der Waals surface area (Å²) in [5.74, 6) is 0. The van der Waals surface area contributed by atoms with E-state index in [0.29, 0.717) is 0 Å². The third-order valence-electron chi connectivity index (χ3n) is 4.39. The van der Waals surface area contributed by atoms with Crippen molar-refractivity contribution >= 4 is 0 Å². The lowest BCUT2D eigenvalue weighted by Gasteiger charge is -2.47. The van der Waals surface area contributed by atoms with Crippen LogP contribution in [0.5, 0.6) is 0 Å². The van der Waals surface area contributed by atoms with Gasteiger partial charge in [0.25, 0.3) is 0 Å². The molecular weight excluding hydrogens is 234 g/mol. The van der Waals surface area contributed by atoms with E-state index in [4.69, 9.17) is 0 Å². The Labute approximate surface area is 116 Å². The SMILES string of the molecule is c1ccc(CCCN2CC(N3CCNCC3)C2)cc1. The molecule has 0 bridgehead atoms. The predicted octanol–water partition coefficient (Wildman–Crippen LogP) is 1.21. The van der Waals surface area contributed by atoms with E-state index in [1.54, 1.807) is 0 Å². The fourth-order valence-electron chi connectivity index (χ4n) is 3.15. The van der Waals surface area contributed by atoms with Crippen LogP contribution >= 0.6 is 0 Å². The van der Waals surface area contributed by atoms with Gasteiger partial charge in [-0.1, -0.05) is 30.3 Å². The molecule has 2 saturated heterocycles. The number of rotatable bonds is 5. The van der Waals surface area contributed by atoms with Gasteiger partial charge in [-0.2, -0.15) is 0 Å². The van der Waals surface area contributed by atoms with Gasteiger partial charge in [-0.25, -0.2) is 0 Å². The number of likely N-dealkylation sites (tertiary alicyclic amines) is 1. The maximum Gasteiger partial charge on any atom is 0.0351 e. The van der Waals surface area contributed by atoms with E-state index in [1.165, 1.54) is 64.2 Å². The van der Waals surface area contributed by atoms with Gasteiger partial charge < -0.3 is 10.2 Å². The first-order chi connectivity index (χ1) is 9.42. The summed E-state index contributed by atoms with van der Waals surface area (Å²) in [6.07, 6.45) is 2.51. The lowest BCUT2D eigenvalue weighted by atomic mass is 10.0. The number of hydrogen-bond acceptors (Lipinski definition) is 3. The molecule has 0 spiro atoms. The van der Waals surface area contributed by atoms with Crippen LogP contribution in [0.25, 0.3) is 0 Å². The minimum atomic E-state index is 0.832. The third-order valence-corrected chi connectivity index (χ3v) is 4.39. The third kappa shape index (κ3) is 3.56. The Morgan fingerprint density at radius 2 is 1.79 bits per heavy atom. The first-order valence-corrected chi connectivity index (χ1v) is 7.63. The topological polar surface area (TPSA) is 18.5 Å². The molecule has 3 rings (SSSR count). The molecule has 3 heteroatoms. The van der Waals surface area contributed by atoms with Gasteiger partial charge >= 0.3 is 0 Å². The van der Waals surface area contributed by atoms with Crippen LogP contribution in [0.15, 0.2) is 30.3 Å². The molecule has 2 fully saturated rings. The molecule has 0 unspecified atom stereocenters. The van der Waals surface area contributed by atoms with Crippen molar-refractivity contribution < 1.29 is 0 Å². The van der Waals surface area contributed by atoms with Crippen LogP contribution in [0.1, 0.15) is 12.0 Å². The maximum atomic E-state index is 3.43. The van der Waals surface area contributed by atoms with Gasteiger partial charge in [-0.05, 0) is 24.9 Å². The van der Waals surface area contributed by atoms with E-state index in [9.17, 15) is 0 Å². The summed E-state index contributed by atoms with van der Waals surface area (Å²) in [5, 5.41) is 3.43. The second kappa shape index (κ2) is 6.51. The Hall–Kier alpha value is -0.900. The van der Waals surface area contributed by atoms with Crippen molar-refractivity contribution in [3.8, 4) is 0 Å².